The Labute approximate surface area is 98.2 Å². The Balaban J connectivity index is 3.02. The zero-order chi connectivity index (χ0) is 12.3. The fourth-order valence-electron chi connectivity index (χ4n) is 2.09. The summed E-state index contributed by atoms with van der Waals surface area (Å²) in [7, 11) is 1.93. The molecule has 1 aromatic heterocycles. The molecule has 92 valence electrons. The van der Waals surface area contributed by atoms with Crippen molar-refractivity contribution >= 4 is 11.5 Å². The van der Waals surface area contributed by atoms with Crippen LogP contribution in [0.1, 0.15) is 45.7 Å². The van der Waals surface area contributed by atoms with Gasteiger partial charge in [0.05, 0.1) is 11.4 Å². The number of anilines is 2. The van der Waals surface area contributed by atoms with Crippen LogP contribution in [0.4, 0.5) is 11.5 Å². The van der Waals surface area contributed by atoms with E-state index in [-0.39, 0.29) is 5.54 Å². The van der Waals surface area contributed by atoms with Gasteiger partial charge in [0.2, 0.25) is 0 Å². The van der Waals surface area contributed by atoms with Crippen molar-refractivity contribution in [2.45, 2.75) is 52.5 Å². The molecule has 3 N–H and O–H groups in total. The van der Waals surface area contributed by atoms with E-state index < -0.39 is 0 Å². The van der Waals surface area contributed by atoms with Crippen LogP contribution >= 0.6 is 0 Å². The van der Waals surface area contributed by atoms with Crippen LogP contribution in [0, 0.1) is 6.92 Å². The molecule has 1 heterocycles. The SMILES string of the molecule is CCC(CC)(CC)Nc1c(N)c(C)nn1C. The van der Waals surface area contributed by atoms with E-state index in [0.29, 0.717) is 0 Å². The Hall–Kier alpha value is -1.19. The first-order chi connectivity index (χ1) is 7.49. The lowest BCUT2D eigenvalue weighted by molar-refractivity contribution is 0.416. The van der Waals surface area contributed by atoms with Gasteiger partial charge in [-0.25, -0.2) is 0 Å². The lowest BCUT2D eigenvalue weighted by atomic mass is 9.90. The predicted octanol–water partition coefficient (Wildman–Crippen LogP) is 2.69. The normalized spacial score (nSPS) is 11.8. The molecule has 0 spiro atoms. The fourth-order valence-corrected chi connectivity index (χ4v) is 2.09. The molecule has 0 aliphatic carbocycles. The number of nitrogens with one attached hydrogen (secondary N) is 1. The summed E-state index contributed by atoms with van der Waals surface area (Å²) in [6.45, 7) is 8.56. The molecule has 4 heteroatoms. The molecule has 0 atom stereocenters. The predicted molar refractivity (Wildman–Crippen MR) is 69.6 cm³/mol. The Morgan fingerprint density at radius 1 is 1.25 bits per heavy atom. The molecule has 16 heavy (non-hydrogen) atoms. The molecular formula is C12H24N4. The van der Waals surface area contributed by atoms with Gasteiger partial charge in [0, 0.05) is 12.6 Å². The Bertz CT molecular complexity index is 342. The maximum atomic E-state index is 6.03. The van der Waals surface area contributed by atoms with Crippen LogP contribution in [0.25, 0.3) is 0 Å². The molecule has 0 radical (unpaired) electrons. The maximum Gasteiger partial charge on any atom is 0.148 e. The van der Waals surface area contributed by atoms with Crippen molar-refractivity contribution in [3.8, 4) is 0 Å². The third-order valence-electron chi connectivity index (χ3n) is 3.68. The standard InChI is InChI=1S/C12H24N4/c1-6-12(7-2,8-3)14-11-10(13)9(4)15-16(11)5/h14H,6-8,13H2,1-5H3. The van der Waals surface area contributed by atoms with Crippen LogP contribution in [-0.2, 0) is 7.05 Å². The zero-order valence-corrected chi connectivity index (χ0v) is 11.1. The second-order valence-corrected chi connectivity index (χ2v) is 4.44. The van der Waals surface area contributed by atoms with Crippen molar-refractivity contribution < 1.29 is 0 Å². The van der Waals surface area contributed by atoms with E-state index in [1.807, 2.05) is 18.7 Å². The number of nitrogens with two attached hydrogens (primary N) is 1. The van der Waals surface area contributed by atoms with E-state index in [4.69, 9.17) is 5.73 Å². The first kappa shape index (κ1) is 12.9. The van der Waals surface area contributed by atoms with Crippen LogP contribution < -0.4 is 11.1 Å². The topological polar surface area (TPSA) is 55.9 Å². The van der Waals surface area contributed by atoms with Gasteiger partial charge in [0.15, 0.2) is 0 Å². The molecular weight excluding hydrogens is 200 g/mol. The summed E-state index contributed by atoms with van der Waals surface area (Å²) in [5.74, 6) is 0.947. The van der Waals surface area contributed by atoms with E-state index in [1.165, 1.54) is 0 Å². The number of nitrogens with zero attached hydrogens (tertiary/aromatic N) is 2. The Morgan fingerprint density at radius 2 is 1.75 bits per heavy atom. The lowest BCUT2D eigenvalue weighted by Gasteiger charge is -2.33. The summed E-state index contributed by atoms with van der Waals surface area (Å²) in [5, 5.41) is 7.90. The van der Waals surface area contributed by atoms with Crippen molar-refractivity contribution in [1.29, 1.82) is 0 Å². The largest absolute Gasteiger partial charge is 0.394 e. The molecule has 4 nitrogen and oxygen atoms in total. The summed E-state index contributed by atoms with van der Waals surface area (Å²) in [6.07, 6.45) is 3.26. The molecule has 0 saturated heterocycles. The highest BCUT2D eigenvalue weighted by molar-refractivity contribution is 5.65. The van der Waals surface area contributed by atoms with Crippen LogP contribution in [0.5, 0.6) is 0 Å². The van der Waals surface area contributed by atoms with E-state index in [0.717, 1.165) is 36.5 Å². The zero-order valence-electron chi connectivity index (χ0n) is 11.1. The smallest absolute Gasteiger partial charge is 0.148 e. The summed E-state index contributed by atoms with van der Waals surface area (Å²) in [4.78, 5) is 0. The van der Waals surface area contributed by atoms with Gasteiger partial charge in [-0.05, 0) is 26.2 Å². The summed E-state index contributed by atoms with van der Waals surface area (Å²) < 4.78 is 1.83. The number of aromatic nitrogens is 2. The third kappa shape index (κ3) is 2.15. The summed E-state index contributed by atoms with van der Waals surface area (Å²) in [5.41, 5.74) is 7.82. The highest BCUT2D eigenvalue weighted by atomic mass is 15.3. The van der Waals surface area contributed by atoms with Gasteiger partial charge >= 0.3 is 0 Å². The highest BCUT2D eigenvalue weighted by Crippen LogP contribution is 2.29. The van der Waals surface area contributed by atoms with E-state index in [1.54, 1.807) is 0 Å². The molecule has 0 amide bonds. The molecule has 1 rings (SSSR count). The van der Waals surface area contributed by atoms with Crippen LogP contribution in [0.2, 0.25) is 0 Å². The number of rotatable bonds is 5. The van der Waals surface area contributed by atoms with Gasteiger partial charge in [-0.3, -0.25) is 4.68 Å². The average Bonchev–Trinajstić information content (AvgIpc) is 2.52. The molecule has 0 saturated carbocycles. The average molecular weight is 224 g/mol. The van der Waals surface area contributed by atoms with Crippen molar-refractivity contribution in [2.75, 3.05) is 11.1 Å². The lowest BCUT2D eigenvalue weighted by Crippen LogP contribution is -2.37. The molecule has 1 aromatic rings. The summed E-state index contributed by atoms with van der Waals surface area (Å²) >= 11 is 0. The minimum Gasteiger partial charge on any atom is -0.394 e. The van der Waals surface area contributed by atoms with Gasteiger partial charge in [-0.2, -0.15) is 5.10 Å². The van der Waals surface area contributed by atoms with Crippen LogP contribution in [0.3, 0.4) is 0 Å². The molecule has 0 aromatic carbocycles. The van der Waals surface area contributed by atoms with Crippen molar-refractivity contribution in [2.24, 2.45) is 7.05 Å². The van der Waals surface area contributed by atoms with Crippen molar-refractivity contribution in [1.82, 2.24) is 9.78 Å². The number of nitrogen functional groups attached to an aromatic ring is 1. The minimum atomic E-state index is 0.133. The van der Waals surface area contributed by atoms with Gasteiger partial charge in [-0.1, -0.05) is 20.8 Å². The molecule has 0 aliphatic rings. The quantitative estimate of drug-likeness (QED) is 0.808. The van der Waals surface area contributed by atoms with Crippen molar-refractivity contribution in [3.05, 3.63) is 5.69 Å². The van der Waals surface area contributed by atoms with E-state index >= 15 is 0 Å². The van der Waals surface area contributed by atoms with Gasteiger partial charge in [-0.15, -0.1) is 0 Å². The van der Waals surface area contributed by atoms with E-state index in [2.05, 4.69) is 31.2 Å². The maximum absolute atomic E-state index is 6.03. The first-order valence-electron chi connectivity index (χ1n) is 6.07. The number of hydrogen-bond acceptors (Lipinski definition) is 3. The second-order valence-electron chi connectivity index (χ2n) is 4.44. The molecule has 0 fully saturated rings. The summed E-state index contributed by atoms with van der Waals surface area (Å²) in [6, 6.07) is 0. The van der Waals surface area contributed by atoms with Gasteiger partial charge < -0.3 is 11.1 Å². The Kier molecular flexibility index (Phi) is 3.83. The first-order valence-corrected chi connectivity index (χ1v) is 6.07. The van der Waals surface area contributed by atoms with Crippen molar-refractivity contribution in [3.63, 3.8) is 0 Å². The van der Waals surface area contributed by atoms with Crippen LogP contribution in [0.15, 0.2) is 0 Å². The highest BCUT2D eigenvalue weighted by Gasteiger charge is 2.26. The molecule has 0 aliphatic heterocycles. The second kappa shape index (κ2) is 4.76. The van der Waals surface area contributed by atoms with E-state index in [9.17, 15) is 0 Å². The number of aryl methyl sites for hydroxylation is 2. The third-order valence-corrected chi connectivity index (χ3v) is 3.68. The fraction of sp³-hybridized carbons (Fsp3) is 0.750. The van der Waals surface area contributed by atoms with Gasteiger partial charge in [0.25, 0.3) is 0 Å². The minimum absolute atomic E-state index is 0.133. The molecule has 0 unspecified atom stereocenters. The van der Waals surface area contributed by atoms with Gasteiger partial charge in [0.1, 0.15) is 5.82 Å². The monoisotopic (exact) mass is 224 g/mol. The molecule has 0 bridgehead atoms. The Morgan fingerprint density at radius 3 is 2.06 bits per heavy atom. The number of hydrogen-bond donors (Lipinski definition) is 2. The van der Waals surface area contributed by atoms with Crippen LogP contribution in [-0.4, -0.2) is 15.3 Å².